The number of carbonyl (C=O) groups is 1. The van der Waals surface area contributed by atoms with Crippen molar-refractivity contribution in [2.75, 3.05) is 26.2 Å². The number of aromatic nitrogens is 2. The fourth-order valence-corrected chi connectivity index (χ4v) is 3.71. The van der Waals surface area contributed by atoms with E-state index in [0.717, 1.165) is 57.7 Å². The van der Waals surface area contributed by atoms with Crippen LogP contribution in [-0.2, 0) is 6.54 Å². The van der Waals surface area contributed by atoms with Crippen molar-refractivity contribution in [1.82, 2.24) is 20.0 Å². The number of carbonyl (C=O) groups excluding carboxylic acids is 1. The summed E-state index contributed by atoms with van der Waals surface area (Å²) in [6, 6.07) is 1.85. The van der Waals surface area contributed by atoms with Gasteiger partial charge in [0.15, 0.2) is 0 Å². The third kappa shape index (κ3) is 2.98. The summed E-state index contributed by atoms with van der Waals surface area (Å²) in [6.07, 6.45) is 7.58. The Bertz CT molecular complexity index is 480. The molecule has 1 N–H and O–H groups in total. The van der Waals surface area contributed by atoms with Crippen molar-refractivity contribution in [3.8, 4) is 0 Å². The normalized spacial score (nSPS) is 21.7. The molecule has 1 aromatic rings. The van der Waals surface area contributed by atoms with E-state index in [1.807, 2.05) is 15.6 Å². The first kappa shape index (κ1) is 14.6. The highest BCUT2D eigenvalue weighted by Gasteiger charge is 2.37. The monoisotopic (exact) mass is 290 g/mol. The molecule has 0 saturated carbocycles. The van der Waals surface area contributed by atoms with Crippen LogP contribution >= 0.6 is 0 Å². The summed E-state index contributed by atoms with van der Waals surface area (Å²) in [5.74, 6) is 0.157. The van der Waals surface area contributed by atoms with Crippen molar-refractivity contribution in [2.24, 2.45) is 5.41 Å². The van der Waals surface area contributed by atoms with Crippen molar-refractivity contribution in [2.45, 2.75) is 45.6 Å². The van der Waals surface area contributed by atoms with Gasteiger partial charge in [-0.2, -0.15) is 5.10 Å². The molecule has 3 heterocycles. The first-order valence-corrected chi connectivity index (χ1v) is 8.26. The zero-order valence-electron chi connectivity index (χ0n) is 13.0. The van der Waals surface area contributed by atoms with Gasteiger partial charge in [-0.1, -0.05) is 6.92 Å². The van der Waals surface area contributed by atoms with Crippen LogP contribution in [0.3, 0.4) is 0 Å². The van der Waals surface area contributed by atoms with Gasteiger partial charge in [0.1, 0.15) is 5.69 Å². The fourth-order valence-electron chi connectivity index (χ4n) is 3.71. The van der Waals surface area contributed by atoms with Gasteiger partial charge in [-0.15, -0.1) is 0 Å². The zero-order chi connectivity index (χ0) is 14.7. The highest BCUT2D eigenvalue weighted by atomic mass is 16.2. The molecule has 5 nitrogen and oxygen atoms in total. The van der Waals surface area contributed by atoms with Crippen molar-refractivity contribution >= 4 is 5.91 Å². The van der Waals surface area contributed by atoms with E-state index in [4.69, 9.17) is 0 Å². The number of rotatable bonds is 3. The van der Waals surface area contributed by atoms with Crippen molar-refractivity contribution in [3.63, 3.8) is 0 Å². The van der Waals surface area contributed by atoms with E-state index in [0.29, 0.717) is 5.41 Å². The van der Waals surface area contributed by atoms with Gasteiger partial charge in [0.25, 0.3) is 5.91 Å². The second-order valence-corrected chi connectivity index (χ2v) is 6.48. The molecule has 1 aromatic heterocycles. The largest absolute Gasteiger partial charge is 0.337 e. The summed E-state index contributed by atoms with van der Waals surface area (Å²) in [5.41, 5.74) is 1.24. The summed E-state index contributed by atoms with van der Waals surface area (Å²) in [4.78, 5) is 14.7. The lowest BCUT2D eigenvalue weighted by atomic mass is 9.71. The highest BCUT2D eigenvalue weighted by Crippen LogP contribution is 2.39. The second kappa shape index (κ2) is 6.18. The van der Waals surface area contributed by atoms with Crippen LogP contribution in [0.2, 0.25) is 0 Å². The maximum Gasteiger partial charge on any atom is 0.272 e. The molecule has 0 atom stereocenters. The van der Waals surface area contributed by atoms with E-state index in [-0.39, 0.29) is 5.91 Å². The molecule has 21 heavy (non-hydrogen) atoms. The zero-order valence-corrected chi connectivity index (χ0v) is 13.0. The van der Waals surface area contributed by atoms with Crippen LogP contribution in [0.25, 0.3) is 0 Å². The van der Waals surface area contributed by atoms with E-state index < -0.39 is 0 Å². The SMILES string of the molecule is CCCn1nccc1C(=O)N1CCC2(CCNCC2)CC1. The van der Waals surface area contributed by atoms with Crippen LogP contribution < -0.4 is 5.32 Å². The Balaban J connectivity index is 1.63. The van der Waals surface area contributed by atoms with Gasteiger partial charge < -0.3 is 10.2 Å². The average molecular weight is 290 g/mol. The number of nitrogens with one attached hydrogen (secondary N) is 1. The summed E-state index contributed by atoms with van der Waals surface area (Å²) in [5, 5.41) is 7.71. The molecular weight excluding hydrogens is 264 g/mol. The van der Waals surface area contributed by atoms with Gasteiger partial charge in [0.2, 0.25) is 0 Å². The summed E-state index contributed by atoms with van der Waals surface area (Å²) >= 11 is 0. The number of likely N-dealkylation sites (tertiary alicyclic amines) is 1. The molecule has 0 unspecified atom stereocenters. The minimum Gasteiger partial charge on any atom is -0.337 e. The van der Waals surface area contributed by atoms with Gasteiger partial charge >= 0.3 is 0 Å². The van der Waals surface area contributed by atoms with Crippen LogP contribution in [0.1, 0.15) is 49.5 Å². The molecule has 116 valence electrons. The molecule has 1 spiro atoms. The van der Waals surface area contributed by atoms with Crippen LogP contribution in [0.4, 0.5) is 0 Å². The Labute approximate surface area is 126 Å². The van der Waals surface area contributed by atoms with Crippen LogP contribution in [0.5, 0.6) is 0 Å². The predicted molar refractivity (Wildman–Crippen MR) is 82.2 cm³/mol. The van der Waals surface area contributed by atoms with E-state index in [9.17, 15) is 4.79 Å². The lowest BCUT2D eigenvalue weighted by Crippen LogP contribution is -2.47. The predicted octanol–water partition coefficient (Wildman–Crippen LogP) is 1.90. The summed E-state index contributed by atoms with van der Waals surface area (Å²) in [6.45, 7) is 7.00. The van der Waals surface area contributed by atoms with E-state index in [2.05, 4.69) is 17.3 Å². The first-order valence-electron chi connectivity index (χ1n) is 8.26. The standard InChI is InChI=1S/C16H26N4O/c1-2-11-20-14(3-8-18-20)15(21)19-12-6-16(7-13-19)4-9-17-10-5-16/h3,8,17H,2,4-7,9-13H2,1H3. The van der Waals surface area contributed by atoms with E-state index >= 15 is 0 Å². The van der Waals surface area contributed by atoms with Crippen LogP contribution in [0, 0.1) is 5.41 Å². The topological polar surface area (TPSA) is 50.2 Å². The highest BCUT2D eigenvalue weighted by molar-refractivity contribution is 5.92. The molecule has 5 heteroatoms. The minimum absolute atomic E-state index is 0.157. The number of nitrogens with zero attached hydrogens (tertiary/aromatic N) is 3. The molecule has 0 radical (unpaired) electrons. The lowest BCUT2D eigenvalue weighted by molar-refractivity contribution is 0.0485. The molecule has 1 amide bonds. The number of amides is 1. The Morgan fingerprint density at radius 3 is 2.67 bits per heavy atom. The molecular formula is C16H26N4O. The second-order valence-electron chi connectivity index (χ2n) is 6.48. The Hall–Kier alpha value is -1.36. The third-order valence-electron chi connectivity index (χ3n) is 5.15. The Morgan fingerprint density at radius 1 is 1.29 bits per heavy atom. The van der Waals surface area contributed by atoms with Crippen molar-refractivity contribution < 1.29 is 4.79 Å². The molecule has 0 aliphatic carbocycles. The number of piperidine rings is 2. The van der Waals surface area contributed by atoms with Gasteiger partial charge in [-0.05, 0) is 56.7 Å². The summed E-state index contributed by atoms with van der Waals surface area (Å²) in [7, 11) is 0. The summed E-state index contributed by atoms with van der Waals surface area (Å²) < 4.78 is 1.84. The van der Waals surface area contributed by atoms with Crippen LogP contribution in [0.15, 0.2) is 12.3 Å². The van der Waals surface area contributed by atoms with Gasteiger partial charge in [0.05, 0.1) is 0 Å². The Morgan fingerprint density at radius 2 is 2.00 bits per heavy atom. The van der Waals surface area contributed by atoms with Crippen LogP contribution in [-0.4, -0.2) is 46.8 Å². The maximum absolute atomic E-state index is 12.7. The quantitative estimate of drug-likeness (QED) is 0.925. The third-order valence-corrected chi connectivity index (χ3v) is 5.15. The molecule has 2 aliphatic rings. The molecule has 0 bridgehead atoms. The van der Waals surface area contributed by atoms with Crippen molar-refractivity contribution in [1.29, 1.82) is 0 Å². The van der Waals surface area contributed by atoms with Gasteiger partial charge in [0, 0.05) is 25.8 Å². The minimum atomic E-state index is 0.157. The number of aryl methyl sites for hydroxylation is 1. The fraction of sp³-hybridized carbons (Fsp3) is 0.750. The smallest absolute Gasteiger partial charge is 0.272 e. The number of hydrogen-bond donors (Lipinski definition) is 1. The van der Waals surface area contributed by atoms with E-state index in [1.54, 1.807) is 6.20 Å². The van der Waals surface area contributed by atoms with E-state index in [1.165, 1.54) is 12.8 Å². The average Bonchev–Trinajstić information content (AvgIpc) is 2.97. The van der Waals surface area contributed by atoms with Gasteiger partial charge in [-0.25, -0.2) is 0 Å². The first-order chi connectivity index (χ1) is 10.2. The molecule has 3 rings (SSSR count). The molecule has 2 saturated heterocycles. The number of hydrogen-bond acceptors (Lipinski definition) is 3. The molecule has 2 aliphatic heterocycles. The lowest BCUT2D eigenvalue weighted by Gasteiger charge is -2.44. The van der Waals surface area contributed by atoms with Gasteiger partial charge in [-0.3, -0.25) is 9.48 Å². The molecule has 0 aromatic carbocycles. The molecule has 2 fully saturated rings. The maximum atomic E-state index is 12.7. The van der Waals surface area contributed by atoms with Crippen molar-refractivity contribution in [3.05, 3.63) is 18.0 Å². The Kier molecular flexibility index (Phi) is 4.29.